The van der Waals surface area contributed by atoms with Gasteiger partial charge in [0, 0.05) is 13.2 Å². The van der Waals surface area contributed by atoms with Gasteiger partial charge < -0.3 is 15.8 Å². The molecular formula is C15H22ClFN2O2. The second kappa shape index (κ2) is 7.20. The monoisotopic (exact) mass is 316 g/mol. The summed E-state index contributed by atoms with van der Waals surface area (Å²) in [5.41, 5.74) is 6.71. The standard InChI is InChI=1S/C15H21FN2O2.ClH/c1-10-9-12(3-4-13(10)16)11(2)18-14(19)15(17)5-7-20-8-6-15;/h3-4,9,11H,5-8,17H2,1-2H3,(H,18,19);1H. The van der Waals surface area contributed by atoms with Crippen molar-refractivity contribution < 1.29 is 13.9 Å². The van der Waals surface area contributed by atoms with E-state index in [0.29, 0.717) is 31.6 Å². The van der Waals surface area contributed by atoms with Gasteiger partial charge in [0.25, 0.3) is 0 Å². The fourth-order valence-corrected chi connectivity index (χ4v) is 2.32. The van der Waals surface area contributed by atoms with Gasteiger partial charge in [-0.15, -0.1) is 12.4 Å². The first kappa shape index (κ1) is 17.9. The number of ether oxygens (including phenoxy) is 1. The minimum absolute atomic E-state index is 0. The van der Waals surface area contributed by atoms with E-state index in [1.807, 2.05) is 6.92 Å². The number of carbonyl (C=O) groups excluding carboxylic acids is 1. The Morgan fingerprint density at radius 1 is 1.43 bits per heavy atom. The number of halogens is 2. The van der Waals surface area contributed by atoms with Crippen molar-refractivity contribution in [1.82, 2.24) is 5.32 Å². The normalized spacial score (nSPS) is 18.5. The predicted molar refractivity (Wildman–Crippen MR) is 81.9 cm³/mol. The number of carbonyl (C=O) groups is 1. The third-order valence-corrected chi connectivity index (χ3v) is 3.87. The molecule has 1 aliphatic heterocycles. The van der Waals surface area contributed by atoms with E-state index in [4.69, 9.17) is 10.5 Å². The molecule has 1 heterocycles. The van der Waals surface area contributed by atoms with Gasteiger partial charge in [-0.05, 0) is 43.9 Å². The summed E-state index contributed by atoms with van der Waals surface area (Å²) in [7, 11) is 0. The van der Waals surface area contributed by atoms with E-state index in [1.54, 1.807) is 19.1 Å². The van der Waals surface area contributed by atoms with E-state index in [2.05, 4.69) is 5.32 Å². The lowest BCUT2D eigenvalue weighted by Crippen LogP contribution is -2.57. The van der Waals surface area contributed by atoms with Crippen LogP contribution in [0.2, 0.25) is 0 Å². The van der Waals surface area contributed by atoms with E-state index < -0.39 is 5.54 Å². The molecule has 1 aromatic carbocycles. The molecule has 0 radical (unpaired) electrons. The quantitative estimate of drug-likeness (QED) is 0.899. The summed E-state index contributed by atoms with van der Waals surface area (Å²) in [5, 5.41) is 2.91. The number of amides is 1. The Bertz CT molecular complexity index is 504. The highest BCUT2D eigenvalue weighted by molar-refractivity contribution is 5.86. The van der Waals surface area contributed by atoms with E-state index in [9.17, 15) is 9.18 Å². The summed E-state index contributed by atoms with van der Waals surface area (Å²) < 4.78 is 18.5. The third kappa shape index (κ3) is 4.15. The van der Waals surface area contributed by atoms with Crippen LogP contribution in [0.15, 0.2) is 18.2 Å². The molecule has 3 N–H and O–H groups in total. The highest BCUT2D eigenvalue weighted by Gasteiger charge is 2.36. The molecule has 0 aliphatic carbocycles. The van der Waals surface area contributed by atoms with Crippen LogP contribution < -0.4 is 11.1 Å². The van der Waals surface area contributed by atoms with Crippen molar-refractivity contribution in [2.24, 2.45) is 5.73 Å². The average Bonchev–Trinajstić information content (AvgIpc) is 2.42. The fraction of sp³-hybridized carbons (Fsp3) is 0.533. The lowest BCUT2D eigenvalue weighted by Gasteiger charge is -2.33. The Balaban J connectivity index is 0.00000220. The van der Waals surface area contributed by atoms with Crippen LogP contribution in [0, 0.1) is 12.7 Å². The van der Waals surface area contributed by atoms with Crippen molar-refractivity contribution in [3.05, 3.63) is 35.1 Å². The van der Waals surface area contributed by atoms with Gasteiger partial charge >= 0.3 is 0 Å². The van der Waals surface area contributed by atoms with Gasteiger partial charge in [0.1, 0.15) is 5.82 Å². The summed E-state index contributed by atoms with van der Waals surface area (Å²) >= 11 is 0. The number of nitrogens with one attached hydrogen (secondary N) is 1. The Hall–Kier alpha value is -1.17. The van der Waals surface area contributed by atoms with Gasteiger partial charge in [-0.25, -0.2) is 4.39 Å². The zero-order chi connectivity index (χ0) is 14.8. The molecule has 1 aromatic rings. The second-order valence-corrected chi connectivity index (χ2v) is 5.47. The van der Waals surface area contributed by atoms with Crippen molar-refractivity contribution in [3.8, 4) is 0 Å². The maximum Gasteiger partial charge on any atom is 0.240 e. The van der Waals surface area contributed by atoms with Crippen LogP contribution in [0.3, 0.4) is 0 Å². The molecule has 0 saturated carbocycles. The predicted octanol–water partition coefficient (Wildman–Crippen LogP) is 2.24. The van der Waals surface area contributed by atoms with E-state index in [1.165, 1.54) is 6.07 Å². The van der Waals surface area contributed by atoms with Crippen LogP contribution in [0.25, 0.3) is 0 Å². The van der Waals surface area contributed by atoms with Crippen molar-refractivity contribution in [2.45, 2.75) is 38.3 Å². The highest BCUT2D eigenvalue weighted by Crippen LogP contribution is 2.21. The smallest absolute Gasteiger partial charge is 0.240 e. The fourth-order valence-electron chi connectivity index (χ4n) is 2.32. The van der Waals surface area contributed by atoms with Crippen molar-refractivity contribution >= 4 is 18.3 Å². The molecule has 6 heteroatoms. The summed E-state index contributed by atoms with van der Waals surface area (Å²) in [6.07, 6.45) is 1.04. The molecule has 2 rings (SSSR count). The molecule has 0 aromatic heterocycles. The molecule has 1 fully saturated rings. The summed E-state index contributed by atoms with van der Waals surface area (Å²) in [6.45, 7) is 4.59. The van der Waals surface area contributed by atoms with E-state index in [-0.39, 0.29) is 30.2 Å². The molecule has 1 aliphatic rings. The molecule has 1 saturated heterocycles. The minimum atomic E-state index is -0.860. The Kier molecular flexibility index (Phi) is 6.13. The number of rotatable bonds is 3. The number of hydrogen-bond acceptors (Lipinski definition) is 3. The Morgan fingerprint density at radius 2 is 2.05 bits per heavy atom. The first-order valence-corrected chi connectivity index (χ1v) is 6.86. The highest BCUT2D eigenvalue weighted by atomic mass is 35.5. The van der Waals surface area contributed by atoms with Crippen LogP contribution in [0.5, 0.6) is 0 Å². The number of benzene rings is 1. The lowest BCUT2D eigenvalue weighted by atomic mass is 9.90. The minimum Gasteiger partial charge on any atom is -0.381 e. The van der Waals surface area contributed by atoms with Crippen molar-refractivity contribution in [1.29, 1.82) is 0 Å². The molecule has 118 valence electrons. The van der Waals surface area contributed by atoms with Crippen LogP contribution in [-0.2, 0) is 9.53 Å². The van der Waals surface area contributed by atoms with Gasteiger partial charge in [0.05, 0.1) is 11.6 Å². The summed E-state index contributed by atoms with van der Waals surface area (Å²) in [5.74, 6) is -0.415. The molecule has 0 bridgehead atoms. The maximum absolute atomic E-state index is 13.3. The molecule has 1 unspecified atom stereocenters. The number of hydrogen-bond donors (Lipinski definition) is 2. The number of aryl methyl sites for hydroxylation is 1. The van der Waals surface area contributed by atoms with E-state index in [0.717, 1.165) is 5.56 Å². The molecule has 21 heavy (non-hydrogen) atoms. The van der Waals surface area contributed by atoms with Crippen molar-refractivity contribution in [2.75, 3.05) is 13.2 Å². The molecule has 1 amide bonds. The Labute approximate surface area is 130 Å². The lowest BCUT2D eigenvalue weighted by molar-refractivity contribution is -0.130. The first-order chi connectivity index (χ1) is 9.42. The molecule has 0 spiro atoms. The molecular weight excluding hydrogens is 295 g/mol. The molecule has 4 nitrogen and oxygen atoms in total. The maximum atomic E-state index is 13.3. The van der Waals surface area contributed by atoms with Gasteiger partial charge in [0.15, 0.2) is 0 Å². The van der Waals surface area contributed by atoms with E-state index >= 15 is 0 Å². The van der Waals surface area contributed by atoms with Crippen LogP contribution in [0.1, 0.15) is 36.9 Å². The van der Waals surface area contributed by atoms with Gasteiger partial charge in [0.2, 0.25) is 5.91 Å². The first-order valence-electron chi connectivity index (χ1n) is 6.86. The average molecular weight is 317 g/mol. The van der Waals surface area contributed by atoms with Gasteiger partial charge in [-0.2, -0.15) is 0 Å². The SMILES string of the molecule is Cc1cc(C(C)NC(=O)C2(N)CCOCC2)ccc1F.Cl. The third-order valence-electron chi connectivity index (χ3n) is 3.87. The molecule has 1 atom stereocenters. The largest absolute Gasteiger partial charge is 0.381 e. The zero-order valence-electron chi connectivity index (χ0n) is 12.3. The topological polar surface area (TPSA) is 64.4 Å². The summed E-state index contributed by atoms with van der Waals surface area (Å²) in [6, 6.07) is 4.64. The Morgan fingerprint density at radius 3 is 2.62 bits per heavy atom. The van der Waals surface area contributed by atoms with Crippen LogP contribution in [0.4, 0.5) is 4.39 Å². The number of nitrogens with two attached hydrogens (primary N) is 1. The summed E-state index contributed by atoms with van der Waals surface area (Å²) in [4.78, 5) is 12.3. The zero-order valence-corrected chi connectivity index (χ0v) is 13.1. The van der Waals surface area contributed by atoms with Gasteiger partial charge in [-0.1, -0.05) is 12.1 Å². The van der Waals surface area contributed by atoms with Crippen molar-refractivity contribution in [3.63, 3.8) is 0 Å². The van der Waals surface area contributed by atoms with Gasteiger partial charge in [-0.3, -0.25) is 4.79 Å². The van der Waals surface area contributed by atoms with Crippen LogP contribution in [-0.4, -0.2) is 24.7 Å². The second-order valence-electron chi connectivity index (χ2n) is 5.47. The van der Waals surface area contributed by atoms with Crippen LogP contribution >= 0.6 is 12.4 Å².